The van der Waals surface area contributed by atoms with E-state index < -0.39 is 0 Å². The number of rotatable bonds is 6. The summed E-state index contributed by atoms with van der Waals surface area (Å²) in [5, 5.41) is 6.39. The van der Waals surface area contributed by atoms with E-state index in [-0.39, 0.29) is 0 Å². The van der Waals surface area contributed by atoms with E-state index in [9.17, 15) is 0 Å². The number of likely N-dealkylation sites (tertiary alicyclic amines) is 1. The van der Waals surface area contributed by atoms with E-state index in [4.69, 9.17) is 0 Å². The lowest BCUT2D eigenvalue weighted by atomic mass is 10.2. The molecule has 1 atom stereocenters. The Hall–Kier alpha value is -1.40. The average Bonchev–Trinajstić information content (AvgIpc) is 2.85. The first kappa shape index (κ1) is 14.0. The van der Waals surface area contributed by atoms with Crippen LogP contribution in [0.15, 0.2) is 12.4 Å². The van der Waals surface area contributed by atoms with Gasteiger partial charge in [0.05, 0.1) is 0 Å². The molecule has 0 radical (unpaired) electrons. The third kappa shape index (κ3) is 3.78. The third-order valence-corrected chi connectivity index (χ3v) is 3.61. The molecule has 1 fully saturated rings. The molecule has 1 aliphatic rings. The van der Waals surface area contributed by atoms with Crippen molar-refractivity contribution >= 4 is 11.6 Å². The molecule has 1 saturated heterocycles. The van der Waals surface area contributed by atoms with Gasteiger partial charge in [-0.2, -0.15) is 0 Å². The van der Waals surface area contributed by atoms with Crippen molar-refractivity contribution in [1.82, 2.24) is 20.2 Å². The summed E-state index contributed by atoms with van der Waals surface area (Å²) in [5.74, 6) is 1.88. The highest BCUT2D eigenvalue weighted by Gasteiger charge is 2.24. The predicted octanol–water partition coefficient (Wildman–Crippen LogP) is 0.248. The third-order valence-electron chi connectivity index (χ3n) is 3.61. The van der Waals surface area contributed by atoms with Crippen molar-refractivity contribution < 1.29 is 0 Å². The number of nitrogens with one attached hydrogen (secondary N) is 2. The Morgan fingerprint density at radius 1 is 1.42 bits per heavy atom. The molecule has 19 heavy (non-hydrogen) atoms. The Morgan fingerprint density at radius 3 is 2.95 bits per heavy atom. The van der Waals surface area contributed by atoms with Gasteiger partial charge in [0.25, 0.3) is 0 Å². The zero-order chi connectivity index (χ0) is 13.7. The van der Waals surface area contributed by atoms with Gasteiger partial charge in [-0.15, -0.1) is 0 Å². The maximum Gasteiger partial charge on any atom is 0.134 e. The zero-order valence-electron chi connectivity index (χ0n) is 12.1. The van der Waals surface area contributed by atoms with Crippen molar-refractivity contribution in [2.45, 2.75) is 12.5 Å². The number of likely N-dealkylation sites (N-methyl/N-ethyl adjacent to an activating group) is 3. The second-order valence-electron chi connectivity index (χ2n) is 5.11. The van der Waals surface area contributed by atoms with E-state index in [0.29, 0.717) is 6.04 Å². The summed E-state index contributed by atoms with van der Waals surface area (Å²) in [4.78, 5) is 13.2. The molecule has 0 bridgehead atoms. The van der Waals surface area contributed by atoms with Crippen LogP contribution in [-0.4, -0.2) is 68.2 Å². The van der Waals surface area contributed by atoms with Gasteiger partial charge in [-0.3, -0.25) is 0 Å². The molecule has 1 aromatic rings. The monoisotopic (exact) mass is 264 g/mol. The van der Waals surface area contributed by atoms with Crippen molar-refractivity contribution in [2.24, 2.45) is 0 Å². The molecule has 0 aromatic carbocycles. The van der Waals surface area contributed by atoms with Gasteiger partial charge in [-0.1, -0.05) is 0 Å². The van der Waals surface area contributed by atoms with Gasteiger partial charge in [0.15, 0.2) is 0 Å². The van der Waals surface area contributed by atoms with Gasteiger partial charge in [-0.05, 0) is 27.1 Å². The predicted molar refractivity (Wildman–Crippen MR) is 78.8 cm³/mol. The largest absolute Gasteiger partial charge is 0.369 e. The normalized spacial score (nSPS) is 19.6. The first-order valence-electron chi connectivity index (χ1n) is 6.82. The van der Waals surface area contributed by atoms with Crippen molar-refractivity contribution in [2.75, 3.05) is 57.5 Å². The Labute approximate surface area is 115 Å². The smallest absolute Gasteiger partial charge is 0.134 e. The van der Waals surface area contributed by atoms with Crippen LogP contribution in [-0.2, 0) is 0 Å². The summed E-state index contributed by atoms with van der Waals surface area (Å²) >= 11 is 0. The summed E-state index contributed by atoms with van der Waals surface area (Å²) in [7, 11) is 6.22. The highest BCUT2D eigenvalue weighted by atomic mass is 15.3. The van der Waals surface area contributed by atoms with E-state index in [1.807, 2.05) is 13.1 Å². The van der Waals surface area contributed by atoms with Crippen LogP contribution in [0.2, 0.25) is 0 Å². The van der Waals surface area contributed by atoms with Crippen LogP contribution < -0.4 is 15.5 Å². The zero-order valence-corrected chi connectivity index (χ0v) is 12.1. The molecule has 1 unspecified atom stereocenters. The first-order valence-corrected chi connectivity index (χ1v) is 6.82. The van der Waals surface area contributed by atoms with E-state index in [1.54, 1.807) is 6.33 Å². The SMILES string of the molecule is CNCCNc1cc(N(C)C2CCN(C)C2)ncn1. The van der Waals surface area contributed by atoms with Crippen LogP contribution in [0.4, 0.5) is 11.6 Å². The number of hydrogen-bond donors (Lipinski definition) is 2. The summed E-state index contributed by atoms with van der Waals surface area (Å²) in [6.07, 6.45) is 2.83. The number of aromatic nitrogens is 2. The molecule has 2 heterocycles. The minimum atomic E-state index is 0.546. The summed E-state index contributed by atoms with van der Waals surface area (Å²) in [6, 6.07) is 2.57. The second-order valence-corrected chi connectivity index (χ2v) is 5.11. The lowest BCUT2D eigenvalue weighted by Gasteiger charge is -2.25. The fraction of sp³-hybridized carbons (Fsp3) is 0.692. The lowest BCUT2D eigenvalue weighted by molar-refractivity contribution is 0.409. The van der Waals surface area contributed by atoms with Crippen LogP contribution in [0, 0.1) is 0 Å². The molecule has 2 rings (SSSR count). The Kier molecular flexibility index (Phi) is 4.93. The van der Waals surface area contributed by atoms with Crippen molar-refractivity contribution in [1.29, 1.82) is 0 Å². The average molecular weight is 264 g/mol. The van der Waals surface area contributed by atoms with Crippen molar-refractivity contribution in [3.63, 3.8) is 0 Å². The summed E-state index contributed by atoms with van der Waals surface area (Å²) < 4.78 is 0. The van der Waals surface area contributed by atoms with E-state index in [1.165, 1.54) is 6.42 Å². The molecule has 0 aliphatic carbocycles. The van der Waals surface area contributed by atoms with E-state index in [0.717, 1.165) is 37.8 Å². The molecule has 1 aliphatic heterocycles. The maximum absolute atomic E-state index is 4.38. The summed E-state index contributed by atoms with van der Waals surface area (Å²) in [5.41, 5.74) is 0. The first-order chi connectivity index (χ1) is 9.20. The van der Waals surface area contributed by atoms with E-state index >= 15 is 0 Å². The van der Waals surface area contributed by atoms with Gasteiger partial charge in [-0.25, -0.2) is 9.97 Å². The molecule has 0 amide bonds. The van der Waals surface area contributed by atoms with Crippen molar-refractivity contribution in [3.8, 4) is 0 Å². The van der Waals surface area contributed by atoms with Gasteiger partial charge in [0.2, 0.25) is 0 Å². The highest BCUT2D eigenvalue weighted by molar-refractivity contribution is 5.48. The van der Waals surface area contributed by atoms with Gasteiger partial charge in [0, 0.05) is 38.8 Å². The molecule has 6 heteroatoms. The Bertz CT molecular complexity index is 396. The number of anilines is 2. The standard InChI is InChI=1S/C13H24N6/c1-14-5-6-15-12-8-13(17-10-16-12)19(3)11-4-7-18(2)9-11/h8,10-11,14H,4-7,9H2,1-3H3,(H,15,16,17). The Balaban J connectivity index is 1.97. The molecule has 106 valence electrons. The molecule has 2 N–H and O–H groups in total. The topological polar surface area (TPSA) is 56.3 Å². The van der Waals surface area contributed by atoms with Crippen molar-refractivity contribution in [3.05, 3.63) is 12.4 Å². The molecular formula is C13H24N6. The van der Waals surface area contributed by atoms with Gasteiger partial charge in [0.1, 0.15) is 18.0 Å². The van der Waals surface area contributed by atoms with Gasteiger partial charge < -0.3 is 20.4 Å². The van der Waals surface area contributed by atoms with Crippen LogP contribution in [0.1, 0.15) is 6.42 Å². The summed E-state index contributed by atoms with van der Waals surface area (Å²) in [6.45, 7) is 4.04. The number of nitrogens with zero attached hydrogens (tertiary/aromatic N) is 4. The number of hydrogen-bond acceptors (Lipinski definition) is 6. The van der Waals surface area contributed by atoms with Crippen LogP contribution in [0.5, 0.6) is 0 Å². The Morgan fingerprint density at radius 2 is 2.26 bits per heavy atom. The molecule has 0 spiro atoms. The lowest BCUT2D eigenvalue weighted by Crippen LogP contribution is -2.34. The fourth-order valence-corrected chi connectivity index (χ4v) is 2.37. The minimum Gasteiger partial charge on any atom is -0.369 e. The maximum atomic E-state index is 4.38. The molecular weight excluding hydrogens is 240 g/mol. The van der Waals surface area contributed by atoms with Crippen LogP contribution >= 0.6 is 0 Å². The quantitative estimate of drug-likeness (QED) is 0.718. The second kappa shape index (κ2) is 6.68. The fourth-order valence-electron chi connectivity index (χ4n) is 2.37. The van der Waals surface area contributed by atoms with Crippen LogP contribution in [0.25, 0.3) is 0 Å². The minimum absolute atomic E-state index is 0.546. The molecule has 1 aromatic heterocycles. The highest BCUT2D eigenvalue weighted by Crippen LogP contribution is 2.20. The molecule has 6 nitrogen and oxygen atoms in total. The van der Waals surface area contributed by atoms with Gasteiger partial charge >= 0.3 is 0 Å². The van der Waals surface area contributed by atoms with E-state index in [2.05, 4.69) is 44.5 Å². The molecule has 0 saturated carbocycles. The van der Waals surface area contributed by atoms with Crippen LogP contribution in [0.3, 0.4) is 0 Å².